The van der Waals surface area contributed by atoms with Gasteiger partial charge in [-0.25, -0.2) is 9.67 Å². The highest BCUT2D eigenvalue weighted by atomic mass is 16.5. The number of nitrogens with zero attached hydrogens (tertiary/aromatic N) is 5. The number of nitrogens with two attached hydrogens (primary N) is 1. The number of aromatic nitrogens is 6. The first-order valence-corrected chi connectivity index (χ1v) is 6.36. The van der Waals surface area contributed by atoms with Gasteiger partial charge in [0.05, 0.1) is 24.0 Å². The molecule has 0 bridgehead atoms. The van der Waals surface area contributed by atoms with Crippen molar-refractivity contribution < 1.29 is 4.74 Å². The lowest BCUT2D eigenvalue weighted by atomic mass is 10.4. The number of hydrogen-bond donors (Lipinski definition) is 2. The maximum absolute atomic E-state index is 5.50. The molecule has 0 amide bonds. The number of nitrogens with one attached hydrogen (secondary N) is 1. The van der Waals surface area contributed by atoms with E-state index in [0.29, 0.717) is 31.2 Å². The van der Waals surface area contributed by atoms with E-state index in [4.69, 9.17) is 10.5 Å². The first kappa shape index (κ1) is 12.5. The molecule has 0 aliphatic carbocycles. The lowest BCUT2D eigenvalue weighted by molar-refractivity contribution is 0.328. The zero-order valence-corrected chi connectivity index (χ0v) is 11.1. The van der Waals surface area contributed by atoms with Gasteiger partial charge in [0.2, 0.25) is 5.88 Å². The van der Waals surface area contributed by atoms with Gasteiger partial charge in [-0.3, -0.25) is 0 Å². The van der Waals surface area contributed by atoms with Crippen molar-refractivity contribution >= 4 is 11.2 Å². The Labute approximate surface area is 115 Å². The maximum Gasteiger partial charge on any atom is 0.215 e. The Hall–Kier alpha value is -2.48. The number of imidazole rings is 1. The fourth-order valence-corrected chi connectivity index (χ4v) is 1.89. The van der Waals surface area contributed by atoms with Crippen LogP contribution >= 0.6 is 0 Å². The summed E-state index contributed by atoms with van der Waals surface area (Å²) in [6, 6.07) is 3.71. The summed E-state index contributed by atoms with van der Waals surface area (Å²) >= 11 is 0. The third-order valence-corrected chi connectivity index (χ3v) is 2.77. The highest BCUT2D eigenvalue weighted by Gasteiger charge is 2.07. The summed E-state index contributed by atoms with van der Waals surface area (Å²) in [4.78, 5) is 11.9. The number of aromatic amines is 1. The predicted octanol–water partition coefficient (Wildman–Crippen LogP) is 0.455. The van der Waals surface area contributed by atoms with Crippen LogP contribution in [0.4, 0.5) is 0 Å². The van der Waals surface area contributed by atoms with E-state index in [1.807, 2.05) is 19.1 Å². The highest BCUT2D eigenvalue weighted by Crippen LogP contribution is 2.15. The molecule has 0 atom stereocenters. The average Bonchev–Trinajstić information content (AvgIpc) is 3.05. The molecule has 0 saturated carbocycles. The molecule has 104 valence electrons. The minimum Gasteiger partial charge on any atom is -0.478 e. The molecule has 20 heavy (non-hydrogen) atoms. The van der Waals surface area contributed by atoms with E-state index >= 15 is 0 Å². The van der Waals surface area contributed by atoms with Crippen molar-refractivity contribution in [2.45, 2.75) is 20.0 Å². The lowest BCUT2D eigenvalue weighted by Crippen LogP contribution is -2.02. The van der Waals surface area contributed by atoms with Crippen LogP contribution in [0.1, 0.15) is 18.4 Å². The number of hydrogen-bond acceptors (Lipinski definition) is 6. The number of H-pyrrole nitrogens is 1. The van der Waals surface area contributed by atoms with Crippen molar-refractivity contribution in [1.29, 1.82) is 0 Å². The standard InChI is InChI=1S/C12H15N7O/c1-2-20-11-4-3-9-12(16-11)15-10(14-9)7-19-6-8(5-13)17-18-19/h3-4,6H,2,5,7,13H2,1H3,(H,14,15,16). The van der Waals surface area contributed by atoms with Gasteiger partial charge in [-0.2, -0.15) is 4.98 Å². The van der Waals surface area contributed by atoms with E-state index < -0.39 is 0 Å². The van der Waals surface area contributed by atoms with Crippen LogP contribution in [0.3, 0.4) is 0 Å². The monoisotopic (exact) mass is 273 g/mol. The summed E-state index contributed by atoms with van der Waals surface area (Å²) in [6.07, 6.45) is 1.80. The molecule has 0 unspecified atom stereocenters. The van der Waals surface area contributed by atoms with E-state index in [-0.39, 0.29) is 0 Å². The fraction of sp³-hybridized carbons (Fsp3) is 0.333. The van der Waals surface area contributed by atoms with Gasteiger partial charge in [-0.1, -0.05) is 5.21 Å². The van der Waals surface area contributed by atoms with Gasteiger partial charge in [0.1, 0.15) is 12.4 Å². The van der Waals surface area contributed by atoms with Crippen LogP contribution < -0.4 is 10.5 Å². The first-order valence-electron chi connectivity index (χ1n) is 6.36. The molecule has 0 fully saturated rings. The summed E-state index contributed by atoms with van der Waals surface area (Å²) in [6.45, 7) is 3.37. The quantitative estimate of drug-likeness (QED) is 0.699. The first-order chi connectivity index (χ1) is 9.78. The molecule has 0 radical (unpaired) electrons. The molecule has 0 saturated heterocycles. The zero-order chi connectivity index (χ0) is 13.9. The molecule has 0 spiro atoms. The molecular weight excluding hydrogens is 258 g/mol. The van der Waals surface area contributed by atoms with E-state index in [2.05, 4.69) is 25.3 Å². The topological polar surface area (TPSA) is 108 Å². The third kappa shape index (κ3) is 2.45. The van der Waals surface area contributed by atoms with Gasteiger partial charge in [-0.15, -0.1) is 5.10 Å². The van der Waals surface area contributed by atoms with Crippen molar-refractivity contribution in [3.63, 3.8) is 0 Å². The molecular formula is C12H15N7O. The van der Waals surface area contributed by atoms with Gasteiger partial charge >= 0.3 is 0 Å². The van der Waals surface area contributed by atoms with Crippen LogP contribution in [0, 0.1) is 0 Å². The normalized spacial score (nSPS) is 11.1. The van der Waals surface area contributed by atoms with Gasteiger partial charge in [-0.05, 0) is 13.0 Å². The predicted molar refractivity (Wildman–Crippen MR) is 72.1 cm³/mol. The molecule has 0 aliphatic heterocycles. The molecule has 0 aromatic carbocycles. The van der Waals surface area contributed by atoms with Crippen molar-refractivity contribution in [3.8, 4) is 5.88 Å². The maximum atomic E-state index is 5.50. The van der Waals surface area contributed by atoms with Crippen LogP contribution in [0.5, 0.6) is 5.88 Å². The van der Waals surface area contributed by atoms with E-state index in [1.165, 1.54) is 0 Å². The molecule has 8 nitrogen and oxygen atoms in total. The Morgan fingerprint density at radius 1 is 1.35 bits per heavy atom. The van der Waals surface area contributed by atoms with E-state index in [1.54, 1.807) is 10.9 Å². The molecule has 3 aromatic rings. The van der Waals surface area contributed by atoms with Gasteiger partial charge in [0, 0.05) is 12.6 Å². The number of pyridine rings is 1. The van der Waals surface area contributed by atoms with Crippen LogP contribution in [-0.2, 0) is 13.1 Å². The third-order valence-electron chi connectivity index (χ3n) is 2.77. The number of rotatable bonds is 5. The summed E-state index contributed by atoms with van der Waals surface area (Å²) in [7, 11) is 0. The van der Waals surface area contributed by atoms with E-state index in [0.717, 1.165) is 17.0 Å². The van der Waals surface area contributed by atoms with E-state index in [9.17, 15) is 0 Å². The Morgan fingerprint density at radius 2 is 2.25 bits per heavy atom. The molecule has 8 heteroatoms. The molecule has 3 N–H and O–H groups in total. The average molecular weight is 273 g/mol. The Kier molecular flexibility index (Phi) is 3.30. The van der Waals surface area contributed by atoms with Crippen molar-refractivity contribution in [1.82, 2.24) is 29.9 Å². The summed E-state index contributed by atoms with van der Waals surface area (Å²) in [5, 5.41) is 7.91. The SMILES string of the molecule is CCOc1ccc2[nH]c(Cn3cc(CN)nn3)nc2n1. The fourth-order valence-electron chi connectivity index (χ4n) is 1.89. The highest BCUT2D eigenvalue weighted by molar-refractivity contribution is 5.71. The minimum absolute atomic E-state index is 0.374. The van der Waals surface area contributed by atoms with Crippen molar-refractivity contribution in [3.05, 3.63) is 29.8 Å². The zero-order valence-electron chi connectivity index (χ0n) is 11.1. The smallest absolute Gasteiger partial charge is 0.215 e. The largest absolute Gasteiger partial charge is 0.478 e. The lowest BCUT2D eigenvalue weighted by Gasteiger charge is -1.99. The second-order valence-corrected chi connectivity index (χ2v) is 4.25. The van der Waals surface area contributed by atoms with Gasteiger partial charge in [0.25, 0.3) is 0 Å². The second-order valence-electron chi connectivity index (χ2n) is 4.25. The van der Waals surface area contributed by atoms with Crippen molar-refractivity contribution in [2.75, 3.05) is 6.61 Å². The minimum atomic E-state index is 0.374. The number of ether oxygens (including phenoxy) is 1. The van der Waals surface area contributed by atoms with Crippen molar-refractivity contribution in [2.24, 2.45) is 5.73 Å². The molecule has 3 aromatic heterocycles. The second kappa shape index (κ2) is 5.25. The Morgan fingerprint density at radius 3 is 3.00 bits per heavy atom. The molecule has 3 rings (SSSR count). The molecule has 3 heterocycles. The van der Waals surface area contributed by atoms with Crippen LogP contribution in [0.25, 0.3) is 11.2 Å². The Bertz CT molecular complexity index is 717. The van der Waals surface area contributed by atoms with Crippen LogP contribution in [-0.4, -0.2) is 36.6 Å². The summed E-state index contributed by atoms with van der Waals surface area (Å²) < 4.78 is 7.04. The number of fused-ring (bicyclic) bond motifs is 1. The molecule has 0 aliphatic rings. The van der Waals surface area contributed by atoms with Crippen LogP contribution in [0.15, 0.2) is 18.3 Å². The van der Waals surface area contributed by atoms with Gasteiger partial charge < -0.3 is 15.5 Å². The van der Waals surface area contributed by atoms with Crippen LogP contribution in [0.2, 0.25) is 0 Å². The summed E-state index contributed by atoms with van der Waals surface area (Å²) in [5.74, 6) is 1.33. The van der Waals surface area contributed by atoms with Gasteiger partial charge in [0.15, 0.2) is 5.65 Å². The summed E-state index contributed by atoms with van der Waals surface area (Å²) in [5.41, 5.74) is 7.74. The Balaban J connectivity index is 1.84.